The van der Waals surface area contributed by atoms with Gasteiger partial charge in [0.15, 0.2) is 5.82 Å². The molecule has 1 heterocycles. The molecule has 1 aromatic carbocycles. The van der Waals surface area contributed by atoms with Crippen LogP contribution < -0.4 is 4.72 Å². The Labute approximate surface area is 117 Å². The summed E-state index contributed by atoms with van der Waals surface area (Å²) in [5, 5.41) is 23.1. The van der Waals surface area contributed by atoms with E-state index in [1.165, 1.54) is 6.07 Å². The lowest BCUT2D eigenvalue weighted by molar-refractivity contribution is 0.0690. The number of carboxylic acids is 1. The van der Waals surface area contributed by atoms with Crippen LogP contribution in [0, 0.1) is 17.1 Å². The van der Waals surface area contributed by atoms with Crippen LogP contribution in [-0.4, -0.2) is 29.7 Å². The number of rotatable bonds is 4. The Bertz CT molecular complexity index is 853. The number of carboxylic acid groups (broad SMARTS) is 1. The van der Waals surface area contributed by atoms with Crippen LogP contribution in [0.2, 0.25) is 0 Å². The fraction of sp³-hybridized carbons (Fsp3) is 0. The maximum atomic E-state index is 13.4. The van der Waals surface area contributed by atoms with Crippen molar-refractivity contribution in [3.05, 3.63) is 41.3 Å². The average molecular weight is 310 g/mol. The van der Waals surface area contributed by atoms with Gasteiger partial charge in [0.1, 0.15) is 28.0 Å². The van der Waals surface area contributed by atoms with Crippen LogP contribution in [0.15, 0.2) is 29.2 Å². The van der Waals surface area contributed by atoms with Crippen molar-refractivity contribution < 1.29 is 22.7 Å². The number of anilines is 1. The van der Waals surface area contributed by atoms with Crippen molar-refractivity contribution in [2.24, 2.45) is 0 Å². The number of aromatic nitrogens is 2. The van der Waals surface area contributed by atoms with Crippen LogP contribution in [0.25, 0.3) is 0 Å². The molecule has 0 aliphatic heterocycles. The molecule has 0 aliphatic carbocycles. The molecule has 0 amide bonds. The zero-order valence-electron chi connectivity index (χ0n) is 10.2. The first-order valence-electron chi connectivity index (χ1n) is 5.35. The van der Waals surface area contributed by atoms with Crippen LogP contribution >= 0.6 is 0 Å². The third kappa shape index (κ3) is 2.82. The Morgan fingerprint density at radius 3 is 2.76 bits per heavy atom. The van der Waals surface area contributed by atoms with Gasteiger partial charge in [0, 0.05) is 6.07 Å². The van der Waals surface area contributed by atoms with Crippen molar-refractivity contribution in [1.82, 2.24) is 10.2 Å². The van der Waals surface area contributed by atoms with Crippen LogP contribution in [0.1, 0.15) is 16.1 Å². The highest BCUT2D eigenvalue weighted by Crippen LogP contribution is 2.20. The van der Waals surface area contributed by atoms with E-state index in [0.29, 0.717) is 0 Å². The van der Waals surface area contributed by atoms with Crippen molar-refractivity contribution in [1.29, 1.82) is 5.26 Å². The molecule has 0 spiro atoms. The predicted molar refractivity (Wildman–Crippen MR) is 67.5 cm³/mol. The minimum Gasteiger partial charge on any atom is -0.477 e. The van der Waals surface area contributed by atoms with Gasteiger partial charge < -0.3 is 5.11 Å². The summed E-state index contributed by atoms with van der Waals surface area (Å²) in [4.78, 5) is 10.1. The average Bonchev–Trinajstić information content (AvgIpc) is 2.86. The number of nitrogens with one attached hydrogen (secondary N) is 2. The van der Waals surface area contributed by atoms with Crippen molar-refractivity contribution >= 4 is 21.8 Å². The van der Waals surface area contributed by atoms with E-state index in [0.717, 1.165) is 24.3 Å². The molecule has 2 rings (SSSR count). The minimum atomic E-state index is -4.28. The first-order chi connectivity index (χ1) is 9.85. The SMILES string of the molecule is N#Cc1c(F)cccc1S(=O)(=O)Nc1cc(C(=O)O)[nH]n1. The molecule has 0 bridgehead atoms. The summed E-state index contributed by atoms with van der Waals surface area (Å²) >= 11 is 0. The van der Waals surface area contributed by atoms with Gasteiger partial charge in [-0.3, -0.25) is 9.82 Å². The lowest BCUT2D eigenvalue weighted by Gasteiger charge is -2.07. The molecule has 0 fully saturated rings. The van der Waals surface area contributed by atoms with Gasteiger partial charge in [-0.1, -0.05) is 6.07 Å². The monoisotopic (exact) mass is 310 g/mol. The van der Waals surface area contributed by atoms with E-state index in [1.807, 2.05) is 4.72 Å². The molecule has 108 valence electrons. The molecular weight excluding hydrogens is 303 g/mol. The van der Waals surface area contributed by atoms with Gasteiger partial charge in [0.25, 0.3) is 10.0 Å². The molecule has 0 unspecified atom stereocenters. The predicted octanol–water partition coefficient (Wildman–Crippen LogP) is 0.919. The Morgan fingerprint density at radius 1 is 1.48 bits per heavy atom. The van der Waals surface area contributed by atoms with Gasteiger partial charge in [-0.25, -0.2) is 17.6 Å². The lowest BCUT2D eigenvalue weighted by Crippen LogP contribution is -2.15. The number of aromatic amines is 1. The van der Waals surface area contributed by atoms with Gasteiger partial charge in [0.2, 0.25) is 0 Å². The van der Waals surface area contributed by atoms with Crippen molar-refractivity contribution in [2.45, 2.75) is 4.90 Å². The number of aromatic carboxylic acids is 1. The summed E-state index contributed by atoms with van der Waals surface area (Å²) in [6.45, 7) is 0. The Balaban J connectivity index is 2.41. The summed E-state index contributed by atoms with van der Waals surface area (Å²) in [6, 6.07) is 5.55. The second kappa shape index (κ2) is 5.22. The molecule has 21 heavy (non-hydrogen) atoms. The molecule has 10 heteroatoms. The Kier molecular flexibility index (Phi) is 3.60. The first-order valence-corrected chi connectivity index (χ1v) is 6.83. The van der Waals surface area contributed by atoms with Crippen LogP contribution in [0.4, 0.5) is 10.2 Å². The topological polar surface area (TPSA) is 136 Å². The number of nitrogens with zero attached hydrogens (tertiary/aromatic N) is 2. The van der Waals surface area contributed by atoms with E-state index in [2.05, 4.69) is 10.2 Å². The second-order valence-electron chi connectivity index (χ2n) is 3.80. The van der Waals surface area contributed by atoms with E-state index < -0.39 is 32.3 Å². The Morgan fingerprint density at radius 2 is 2.19 bits per heavy atom. The highest BCUT2D eigenvalue weighted by Gasteiger charge is 2.22. The van der Waals surface area contributed by atoms with Gasteiger partial charge in [-0.15, -0.1) is 0 Å². The lowest BCUT2D eigenvalue weighted by atomic mass is 10.2. The molecule has 0 saturated heterocycles. The van der Waals surface area contributed by atoms with Crippen LogP contribution in [-0.2, 0) is 10.0 Å². The summed E-state index contributed by atoms with van der Waals surface area (Å²) < 4.78 is 39.5. The van der Waals surface area contributed by atoms with E-state index in [1.54, 1.807) is 0 Å². The minimum absolute atomic E-state index is 0.291. The van der Waals surface area contributed by atoms with Crippen LogP contribution in [0.5, 0.6) is 0 Å². The second-order valence-corrected chi connectivity index (χ2v) is 5.45. The number of sulfonamides is 1. The van der Waals surface area contributed by atoms with E-state index >= 15 is 0 Å². The summed E-state index contributed by atoms with van der Waals surface area (Å²) in [7, 11) is -4.28. The van der Waals surface area contributed by atoms with Crippen LogP contribution in [0.3, 0.4) is 0 Å². The van der Waals surface area contributed by atoms with Gasteiger partial charge in [-0.05, 0) is 12.1 Å². The molecule has 0 aliphatic rings. The van der Waals surface area contributed by atoms with Gasteiger partial charge in [0.05, 0.1) is 0 Å². The van der Waals surface area contributed by atoms with Gasteiger partial charge >= 0.3 is 5.97 Å². The van der Waals surface area contributed by atoms with Crippen molar-refractivity contribution in [2.75, 3.05) is 4.72 Å². The number of hydrogen-bond acceptors (Lipinski definition) is 5. The smallest absolute Gasteiger partial charge is 0.353 e. The summed E-state index contributed by atoms with van der Waals surface area (Å²) in [5.41, 5.74) is -0.966. The van der Waals surface area contributed by atoms with E-state index in [4.69, 9.17) is 10.4 Å². The third-order valence-electron chi connectivity index (χ3n) is 2.42. The molecule has 0 radical (unpaired) electrons. The number of benzene rings is 1. The summed E-state index contributed by atoms with van der Waals surface area (Å²) in [6.07, 6.45) is 0. The largest absolute Gasteiger partial charge is 0.477 e. The standard InChI is InChI=1S/C11H7FN4O4S/c12-7-2-1-3-9(6(7)5-13)21(19,20)16-10-4-8(11(17)18)14-15-10/h1-4H,(H,17,18)(H2,14,15,16). The molecule has 1 aromatic heterocycles. The molecule has 0 atom stereocenters. The molecule has 8 nitrogen and oxygen atoms in total. The third-order valence-corrected chi connectivity index (χ3v) is 3.82. The maximum Gasteiger partial charge on any atom is 0.353 e. The number of carbonyl (C=O) groups is 1. The molecular formula is C11H7FN4O4S. The first kappa shape index (κ1) is 14.5. The van der Waals surface area contributed by atoms with E-state index in [-0.39, 0.29) is 11.5 Å². The summed E-state index contributed by atoms with van der Waals surface area (Å²) in [5.74, 6) is -2.59. The van der Waals surface area contributed by atoms with Gasteiger partial charge in [-0.2, -0.15) is 10.4 Å². The van der Waals surface area contributed by atoms with Crippen molar-refractivity contribution in [3.63, 3.8) is 0 Å². The molecule has 3 N–H and O–H groups in total. The number of hydrogen-bond donors (Lipinski definition) is 3. The zero-order valence-corrected chi connectivity index (χ0v) is 11.0. The number of halogens is 1. The Hall–Kier alpha value is -2.93. The maximum absolute atomic E-state index is 13.4. The molecule has 2 aromatic rings. The quantitative estimate of drug-likeness (QED) is 0.768. The highest BCUT2D eigenvalue weighted by atomic mass is 32.2. The fourth-order valence-electron chi connectivity index (χ4n) is 1.51. The molecule has 0 saturated carbocycles. The normalized spacial score (nSPS) is 10.9. The zero-order chi connectivity index (χ0) is 15.6. The number of nitriles is 1. The number of H-pyrrole nitrogens is 1. The van der Waals surface area contributed by atoms with Crippen molar-refractivity contribution in [3.8, 4) is 6.07 Å². The fourth-order valence-corrected chi connectivity index (χ4v) is 2.67. The highest BCUT2D eigenvalue weighted by molar-refractivity contribution is 7.92. The van der Waals surface area contributed by atoms with E-state index in [9.17, 15) is 17.6 Å².